The number of rotatable bonds is 9. The van der Waals surface area contributed by atoms with Gasteiger partial charge < -0.3 is 14.8 Å². The van der Waals surface area contributed by atoms with E-state index >= 15 is 0 Å². The molecule has 1 aromatic carbocycles. The molecule has 0 fully saturated rings. The van der Waals surface area contributed by atoms with Crippen LogP contribution in [0.1, 0.15) is 17.4 Å². The quantitative estimate of drug-likeness (QED) is 0.723. The van der Waals surface area contributed by atoms with Gasteiger partial charge in [0.1, 0.15) is 19.7 Å². The molecule has 0 aliphatic rings. The van der Waals surface area contributed by atoms with Gasteiger partial charge in [0, 0.05) is 5.56 Å². The van der Waals surface area contributed by atoms with Gasteiger partial charge in [0.25, 0.3) is 0 Å². The first-order valence-corrected chi connectivity index (χ1v) is 8.05. The molecule has 0 saturated carbocycles. The molecule has 2 aromatic rings. The average molecular weight is 304 g/mol. The van der Waals surface area contributed by atoms with Crippen molar-refractivity contribution in [3.05, 3.63) is 58.8 Å². The summed E-state index contributed by atoms with van der Waals surface area (Å²) in [7, 11) is 0. The van der Waals surface area contributed by atoms with E-state index in [2.05, 4.69) is 41.5 Å². The Balaban J connectivity index is 1.95. The van der Waals surface area contributed by atoms with Crippen molar-refractivity contribution < 1.29 is 14.8 Å². The fourth-order valence-corrected chi connectivity index (χ4v) is 2.73. The van der Waals surface area contributed by atoms with Crippen LogP contribution in [0.3, 0.4) is 0 Å². The Morgan fingerprint density at radius 2 is 2.10 bits per heavy atom. The van der Waals surface area contributed by atoms with Crippen LogP contribution in [0.4, 0.5) is 0 Å². The van der Waals surface area contributed by atoms with Gasteiger partial charge in [-0.1, -0.05) is 18.7 Å². The van der Waals surface area contributed by atoms with Crippen molar-refractivity contribution in [2.24, 2.45) is 0 Å². The zero-order chi connectivity index (χ0) is 14.9. The number of ether oxygens (including phenoxy) is 2. The zero-order valence-electron chi connectivity index (χ0n) is 12.4. The van der Waals surface area contributed by atoms with E-state index in [0.29, 0.717) is 13.2 Å². The van der Waals surface area contributed by atoms with Crippen molar-refractivity contribution >= 4 is 11.3 Å². The molecule has 0 aliphatic carbocycles. The molecule has 0 amide bonds. The Labute approximate surface area is 130 Å². The van der Waals surface area contributed by atoms with Gasteiger partial charge in [0.2, 0.25) is 0 Å². The minimum absolute atomic E-state index is 0.490. The second-order valence-electron chi connectivity index (χ2n) is 4.59. The number of hydrogen-bond acceptors (Lipinski definition) is 3. The summed E-state index contributed by atoms with van der Waals surface area (Å²) in [4.78, 5) is 1.39. The van der Waals surface area contributed by atoms with Gasteiger partial charge in [-0.3, -0.25) is 0 Å². The maximum absolute atomic E-state index is 5.66. The van der Waals surface area contributed by atoms with Crippen molar-refractivity contribution in [1.82, 2.24) is 0 Å². The second-order valence-corrected chi connectivity index (χ2v) is 5.62. The summed E-state index contributed by atoms with van der Waals surface area (Å²) in [5.41, 5.74) is 1.24. The average Bonchev–Trinajstić information content (AvgIpc) is 3.00. The van der Waals surface area contributed by atoms with Crippen LogP contribution in [0, 0.1) is 0 Å². The van der Waals surface area contributed by atoms with Crippen LogP contribution in [0.15, 0.2) is 48.4 Å². The van der Waals surface area contributed by atoms with Crippen LogP contribution in [0.25, 0.3) is 0 Å². The molecule has 1 aromatic heterocycles. The minimum atomic E-state index is 0.490. The molecule has 0 saturated heterocycles. The lowest BCUT2D eigenvalue weighted by atomic mass is 10.2. The van der Waals surface area contributed by atoms with Gasteiger partial charge in [0.05, 0.1) is 11.5 Å². The van der Waals surface area contributed by atoms with Crippen LogP contribution in [0.2, 0.25) is 0 Å². The predicted octanol–water partition coefficient (Wildman–Crippen LogP) is 2.98. The van der Waals surface area contributed by atoms with E-state index in [1.165, 1.54) is 10.4 Å². The topological polar surface area (TPSA) is 35.1 Å². The monoisotopic (exact) mass is 304 g/mol. The Morgan fingerprint density at radius 3 is 2.81 bits per heavy atom. The van der Waals surface area contributed by atoms with E-state index < -0.39 is 0 Å². The molecule has 2 N–H and O–H groups in total. The summed E-state index contributed by atoms with van der Waals surface area (Å²) in [6.45, 7) is 8.71. The van der Waals surface area contributed by atoms with E-state index in [4.69, 9.17) is 9.47 Å². The SMILES string of the molecule is C=CCOc1ccc(C[NH2+]Cc2cccs2)cc1OCC. The number of thiophene rings is 1. The first-order valence-electron chi connectivity index (χ1n) is 7.17. The summed E-state index contributed by atoms with van der Waals surface area (Å²) in [6, 6.07) is 10.4. The van der Waals surface area contributed by atoms with E-state index in [9.17, 15) is 0 Å². The maximum Gasteiger partial charge on any atom is 0.161 e. The summed E-state index contributed by atoms with van der Waals surface area (Å²) < 4.78 is 11.3. The fourth-order valence-electron chi connectivity index (χ4n) is 2.03. The molecule has 0 aliphatic heterocycles. The molecule has 21 heavy (non-hydrogen) atoms. The van der Waals surface area contributed by atoms with E-state index in [0.717, 1.165) is 24.6 Å². The number of hydrogen-bond donors (Lipinski definition) is 1. The Hall–Kier alpha value is -1.78. The highest BCUT2D eigenvalue weighted by atomic mass is 32.1. The number of quaternary nitrogens is 1. The third-order valence-electron chi connectivity index (χ3n) is 2.97. The standard InChI is InChI=1S/C17H21NO2S/c1-3-9-20-16-8-7-14(11-17(16)19-4-2)12-18-13-15-6-5-10-21-15/h3,5-8,10-11,18H,1,4,9,12-13H2,2H3/p+1. The lowest BCUT2D eigenvalue weighted by Gasteiger charge is -2.12. The lowest BCUT2D eigenvalue weighted by Crippen LogP contribution is -2.80. The van der Waals surface area contributed by atoms with Crippen LogP contribution in [-0.2, 0) is 13.1 Å². The Kier molecular flexibility index (Phi) is 6.31. The molecule has 3 nitrogen and oxygen atoms in total. The predicted molar refractivity (Wildman–Crippen MR) is 87.0 cm³/mol. The van der Waals surface area contributed by atoms with Crippen molar-refractivity contribution in [3.8, 4) is 11.5 Å². The smallest absolute Gasteiger partial charge is 0.161 e. The largest absolute Gasteiger partial charge is 0.490 e. The summed E-state index contributed by atoms with van der Waals surface area (Å²) in [5.74, 6) is 1.58. The molecule has 0 atom stereocenters. The molecule has 0 bridgehead atoms. The minimum Gasteiger partial charge on any atom is -0.490 e. The summed E-state index contributed by atoms with van der Waals surface area (Å²) >= 11 is 1.80. The highest BCUT2D eigenvalue weighted by molar-refractivity contribution is 7.09. The van der Waals surface area contributed by atoms with E-state index in [1.807, 2.05) is 13.0 Å². The molecular formula is C17H22NO2S+. The molecule has 0 spiro atoms. The van der Waals surface area contributed by atoms with Crippen molar-refractivity contribution in [1.29, 1.82) is 0 Å². The maximum atomic E-state index is 5.66. The Morgan fingerprint density at radius 1 is 1.19 bits per heavy atom. The van der Waals surface area contributed by atoms with E-state index in [1.54, 1.807) is 17.4 Å². The molecule has 0 unspecified atom stereocenters. The van der Waals surface area contributed by atoms with Gasteiger partial charge in [0.15, 0.2) is 11.5 Å². The van der Waals surface area contributed by atoms with Crippen molar-refractivity contribution in [2.75, 3.05) is 13.2 Å². The van der Waals surface area contributed by atoms with Crippen molar-refractivity contribution in [2.45, 2.75) is 20.0 Å². The lowest BCUT2D eigenvalue weighted by molar-refractivity contribution is -0.685. The highest BCUT2D eigenvalue weighted by Gasteiger charge is 2.07. The second kappa shape index (κ2) is 8.49. The fraction of sp³-hybridized carbons (Fsp3) is 0.294. The molecule has 2 rings (SSSR count). The van der Waals surface area contributed by atoms with Crippen LogP contribution < -0.4 is 14.8 Å². The highest BCUT2D eigenvalue weighted by Crippen LogP contribution is 2.28. The first kappa shape index (κ1) is 15.6. The summed E-state index contributed by atoms with van der Waals surface area (Å²) in [5, 5.41) is 4.41. The third-order valence-corrected chi connectivity index (χ3v) is 3.87. The van der Waals surface area contributed by atoms with Gasteiger partial charge in [-0.25, -0.2) is 0 Å². The van der Waals surface area contributed by atoms with Crippen LogP contribution in [0.5, 0.6) is 11.5 Å². The molecule has 0 radical (unpaired) electrons. The van der Waals surface area contributed by atoms with Gasteiger partial charge >= 0.3 is 0 Å². The first-order chi connectivity index (χ1) is 10.3. The number of benzene rings is 1. The third kappa shape index (κ3) is 4.92. The van der Waals surface area contributed by atoms with Crippen LogP contribution in [-0.4, -0.2) is 13.2 Å². The molecule has 4 heteroatoms. The van der Waals surface area contributed by atoms with Gasteiger partial charge in [-0.05, 0) is 36.6 Å². The van der Waals surface area contributed by atoms with Gasteiger partial charge in [-0.15, -0.1) is 11.3 Å². The molecule has 112 valence electrons. The van der Waals surface area contributed by atoms with Crippen LogP contribution >= 0.6 is 11.3 Å². The van der Waals surface area contributed by atoms with Crippen molar-refractivity contribution in [3.63, 3.8) is 0 Å². The summed E-state index contributed by atoms with van der Waals surface area (Å²) in [6.07, 6.45) is 1.73. The molecular weight excluding hydrogens is 282 g/mol. The zero-order valence-corrected chi connectivity index (χ0v) is 13.2. The van der Waals surface area contributed by atoms with E-state index in [-0.39, 0.29) is 0 Å². The molecule has 1 heterocycles. The van der Waals surface area contributed by atoms with Gasteiger partial charge in [-0.2, -0.15) is 0 Å². The number of nitrogens with two attached hydrogens (primary N) is 1. The normalized spacial score (nSPS) is 10.3. The Bertz CT molecular complexity index is 552.